The van der Waals surface area contributed by atoms with Gasteiger partial charge >= 0.3 is 11.9 Å². The smallest absolute Gasteiger partial charge is 0.414 e. The van der Waals surface area contributed by atoms with Gasteiger partial charge in [-0.25, -0.2) is 14.6 Å². The number of halogens is 1. The van der Waals surface area contributed by atoms with Gasteiger partial charge in [-0.1, -0.05) is 17.7 Å². The molecule has 0 saturated carbocycles. The van der Waals surface area contributed by atoms with Gasteiger partial charge in [-0.3, -0.25) is 0 Å². The topological polar surface area (TPSA) is 94.0 Å². The Morgan fingerprint density at radius 2 is 1.95 bits per heavy atom. The number of hydrogen-bond donors (Lipinski definition) is 2. The fourth-order valence-electron chi connectivity index (χ4n) is 1.95. The Bertz CT molecular complexity index is 498. The van der Waals surface area contributed by atoms with Crippen molar-refractivity contribution in [2.24, 2.45) is 0 Å². The third-order valence-corrected chi connectivity index (χ3v) is 3.31. The number of anilines is 1. The van der Waals surface area contributed by atoms with E-state index in [9.17, 15) is 0 Å². The zero-order valence-corrected chi connectivity index (χ0v) is 12.6. The van der Waals surface area contributed by atoms with Crippen LogP contribution in [-0.4, -0.2) is 65.3 Å². The van der Waals surface area contributed by atoms with E-state index in [0.717, 1.165) is 18.9 Å². The monoisotopic (exact) mass is 315 g/mol. The fraction of sp³-hybridized carbons (Fsp3) is 0.462. The molecule has 116 valence electrons. The minimum absolute atomic E-state index is 0.570. The van der Waals surface area contributed by atoms with Gasteiger partial charge in [-0.15, -0.1) is 0 Å². The highest BCUT2D eigenvalue weighted by molar-refractivity contribution is 6.29. The summed E-state index contributed by atoms with van der Waals surface area (Å²) in [5, 5.41) is 15.4. The predicted molar refractivity (Wildman–Crippen MR) is 78.8 cm³/mol. The summed E-state index contributed by atoms with van der Waals surface area (Å²) in [5.74, 6) is -2.66. The Balaban J connectivity index is 0.000000315. The number of carbonyl (C=O) groups is 2. The van der Waals surface area contributed by atoms with E-state index in [1.54, 1.807) is 0 Å². The number of carboxylic acid groups (broad SMARTS) is 2. The third kappa shape index (κ3) is 5.57. The number of aromatic nitrogens is 1. The molecule has 1 aromatic heterocycles. The van der Waals surface area contributed by atoms with Gasteiger partial charge in [0, 0.05) is 19.1 Å². The first kappa shape index (κ1) is 17.2. The van der Waals surface area contributed by atoms with Crippen molar-refractivity contribution >= 4 is 29.4 Å². The van der Waals surface area contributed by atoms with E-state index in [0.29, 0.717) is 11.2 Å². The summed E-state index contributed by atoms with van der Waals surface area (Å²) < 4.78 is 0. The summed E-state index contributed by atoms with van der Waals surface area (Å²) in [4.78, 5) is 27.1. The van der Waals surface area contributed by atoms with Crippen LogP contribution >= 0.6 is 11.6 Å². The molecule has 2 rings (SSSR count). The molecule has 21 heavy (non-hydrogen) atoms. The van der Waals surface area contributed by atoms with E-state index < -0.39 is 11.9 Å². The normalized spacial score (nSPS) is 17.3. The molecule has 1 aliphatic rings. The second kappa shape index (κ2) is 7.80. The van der Waals surface area contributed by atoms with Crippen molar-refractivity contribution in [2.75, 3.05) is 32.1 Å². The standard InChI is InChI=1S/C11H16ClN3.C2H2O4/c1-14(2)9-6-7-15(8-9)11-5-3-4-10(12)13-11;3-1(4)2(5)6/h3-5,9H,6-8H2,1-2H3;(H,3,4)(H,5,6). The molecule has 1 atom stereocenters. The zero-order valence-electron chi connectivity index (χ0n) is 11.9. The lowest BCUT2D eigenvalue weighted by atomic mass is 10.2. The van der Waals surface area contributed by atoms with Gasteiger partial charge in [-0.05, 0) is 32.6 Å². The summed E-state index contributed by atoms with van der Waals surface area (Å²) in [7, 11) is 4.25. The van der Waals surface area contributed by atoms with Crippen molar-refractivity contribution < 1.29 is 19.8 Å². The van der Waals surface area contributed by atoms with Gasteiger partial charge in [0.2, 0.25) is 0 Å². The number of rotatable bonds is 2. The van der Waals surface area contributed by atoms with E-state index in [-0.39, 0.29) is 0 Å². The van der Waals surface area contributed by atoms with E-state index in [1.807, 2.05) is 18.2 Å². The van der Waals surface area contributed by atoms with Gasteiger partial charge < -0.3 is 20.0 Å². The Morgan fingerprint density at radius 3 is 2.38 bits per heavy atom. The van der Waals surface area contributed by atoms with Gasteiger partial charge in [0.15, 0.2) is 0 Å². The van der Waals surface area contributed by atoms with Crippen molar-refractivity contribution in [3.8, 4) is 0 Å². The van der Waals surface area contributed by atoms with Crippen LogP contribution in [0, 0.1) is 0 Å². The Kier molecular flexibility index (Phi) is 6.39. The van der Waals surface area contributed by atoms with Crippen LogP contribution in [0.5, 0.6) is 0 Å². The van der Waals surface area contributed by atoms with Crippen LogP contribution in [0.4, 0.5) is 5.82 Å². The largest absolute Gasteiger partial charge is 0.473 e. The van der Waals surface area contributed by atoms with Gasteiger partial charge in [-0.2, -0.15) is 0 Å². The van der Waals surface area contributed by atoms with Gasteiger partial charge in [0.1, 0.15) is 11.0 Å². The summed E-state index contributed by atoms with van der Waals surface area (Å²) in [5.41, 5.74) is 0. The van der Waals surface area contributed by atoms with Crippen LogP contribution in [0.1, 0.15) is 6.42 Å². The van der Waals surface area contributed by atoms with Crippen molar-refractivity contribution in [3.05, 3.63) is 23.4 Å². The molecule has 1 aromatic rings. The summed E-state index contributed by atoms with van der Waals surface area (Å²) in [6.45, 7) is 2.11. The summed E-state index contributed by atoms with van der Waals surface area (Å²) in [6.07, 6.45) is 1.20. The maximum atomic E-state index is 9.10. The minimum Gasteiger partial charge on any atom is -0.473 e. The lowest BCUT2D eigenvalue weighted by Crippen LogP contribution is -2.31. The van der Waals surface area contributed by atoms with E-state index in [2.05, 4.69) is 28.9 Å². The highest BCUT2D eigenvalue weighted by Crippen LogP contribution is 2.21. The molecular weight excluding hydrogens is 298 g/mol. The molecule has 7 nitrogen and oxygen atoms in total. The average Bonchev–Trinajstić information content (AvgIpc) is 2.89. The van der Waals surface area contributed by atoms with E-state index in [4.69, 9.17) is 31.4 Å². The Hall–Kier alpha value is -1.86. The second-order valence-corrected chi connectivity index (χ2v) is 5.17. The molecule has 0 aliphatic carbocycles. The first-order chi connectivity index (χ1) is 9.81. The molecule has 1 unspecified atom stereocenters. The van der Waals surface area contributed by atoms with Crippen LogP contribution < -0.4 is 4.90 Å². The highest BCUT2D eigenvalue weighted by Gasteiger charge is 2.24. The maximum Gasteiger partial charge on any atom is 0.414 e. The molecule has 1 fully saturated rings. The Labute approximate surface area is 127 Å². The van der Waals surface area contributed by atoms with Crippen LogP contribution in [-0.2, 0) is 9.59 Å². The molecule has 0 aromatic carbocycles. The zero-order chi connectivity index (χ0) is 16.0. The van der Waals surface area contributed by atoms with Crippen LogP contribution in [0.15, 0.2) is 18.2 Å². The molecule has 1 saturated heterocycles. The van der Waals surface area contributed by atoms with E-state index >= 15 is 0 Å². The maximum absolute atomic E-state index is 9.10. The number of likely N-dealkylation sites (N-methyl/N-ethyl adjacent to an activating group) is 1. The summed E-state index contributed by atoms with van der Waals surface area (Å²) in [6, 6.07) is 6.41. The number of carboxylic acids is 2. The highest BCUT2D eigenvalue weighted by atomic mass is 35.5. The molecular formula is C13H18ClN3O4. The van der Waals surface area contributed by atoms with Crippen molar-refractivity contribution in [1.29, 1.82) is 0 Å². The molecule has 1 aliphatic heterocycles. The van der Waals surface area contributed by atoms with Crippen molar-refractivity contribution in [3.63, 3.8) is 0 Å². The molecule has 2 N–H and O–H groups in total. The van der Waals surface area contributed by atoms with Crippen molar-refractivity contribution in [2.45, 2.75) is 12.5 Å². The second-order valence-electron chi connectivity index (χ2n) is 4.78. The first-order valence-electron chi connectivity index (χ1n) is 6.31. The molecule has 2 heterocycles. The number of nitrogens with zero attached hydrogens (tertiary/aromatic N) is 3. The molecule has 0 amide bonds. The van der Waals surface area contributed by atoms with Crippen LogP contribution in [0.2, 0.25) is 5.15 Å². The molecule has 0 bridgehead atoms. The SMILES string of the molecule is CN(C)C1CCN(c2cccc(Cl)n2)C1.O=C(O)C(=O)O. The Morgan fingerprint density at radius 1 is 1.33 bits per heavy atom. The van der Waals surface area contributed by atoms with Crippen molar-refractivity contribution in [1.82, 2.24) is 9.88 Å². The quantitative estimate of drug-likeness (QED) is 0.622. The third-order valence-electron chi connectivity index (χ3n) is 3.10. The van der Waals surface area contributed by atoms with E-state index in [1.165, 1.54) is 6.42 Å². The number of aliphatic carboxylic acids is 2. The summed E-state index contributed by atoms with van der Waals surface area (Å²) >= 11 is 5.87. The van der Waals surface area contributed by atoms with Gasteiger partial charge in [0.05, 0.1) is 0 Å². The lowest BCUT2D eigenvalue weighted by Gasteiger charge is -2.21. The molecule has 0 radical (unpaired) electrons. The number of pyridine rings is 1. The lowest BCUT2D eigenvalue weighted by molar-refractivity contribution is -0.159. The minimum atomic E-state index is -1.82. The molecule has 0 spiro atoms. The fourth-order valence-corrected chi connectivity index (χ4v) is 2.10. The molecule has 8 heteroatoms. The average molecular weight is 316 g/mol. The van der Waals surface area contributed by atoms with Crippen LogP contribution in [0.25, 0.3) is 0 Å². The predicted octanol–water partition coefficient (Wildman–Crippen LogP) is 1.03. The first-order valence-corrected chi connectivity index (χ1v) is 6.69. The van der Waals surface area contributed by atoms with Gasteiger partial charge in [0.25, 0.3) is 0 Å². The number of hydrogen-bond acceptors (Lipinski definition) is 5. The van der Waals surface area contributed by atoms with Crippen LogP contribution in [0.3, 0.4) is 0 Å².